The van der Waals surface area contributed by atoms with Gasteiger partial charge in [-0.15, -0.1) is 0 Å². The molecule has 0 radical (unpaired) electrons. The van der Waals surface area contributed by atoms with E-state index >= 15 is 0 Å². The maximum Gasteiger partial charge on any atom is 0.217 e. The Morgan fingerprint density at radius 3 is 3.00 bits per heavy atom. The number of thiophene rings is 1. The van der Waals surface area contributed by atoms with Crippen molar-refractivity contribution < 1.29 is 4.79 Å². The van der Waals surface area contributed by atoms with E-state index in [0.29, 0.717) is 6.42 Å². The molecule has 3 N–H and O–H groups in total. The third kappa shape index (κ3) is 4.99. The van der Waals surface area contributed by atoms with Crippen LogP contribution in [0.2, 0.25) is 0 Å². The third-order valence-electron chi connectivity index (χ3n) is 1.94. The van der Waals surface area contributed by atoms with Crippen molar-refractivity contribution in [3.8, 4) is 0 Å². The Labute approximate surface area is 88.3 Å². The van der Waals surface area contributed by atoms with Gasteiger partial charge in [0.15, 0.2) is 0 Å². The molecule has 0 saturated heterocycles. The second kappa shape index (κ2) is 6.56. The van der Waals surface area contributed by atoms with Crippen molar-refractivity contribution in [3.05, 3.63) is 22.4 Å². The van der Waals surface area contributed by atoms with Crippen LogP contribution in [0.3, 0.4) is 0 Å². The van der Waals surface area contributed by atoms with Crippen molar-refractivity contribution >= 4 is 17.2 Å². The lowest BCUT2D eigenvalue weighted by Crippen LogP contribution is -2.15. The zero-order valence-corrected chi connectivity index (χ0v) is 8.98. The Kier molecular flexibility index (Phi) is 5.25. The summed E-state index contributed by atoms with van der Waals surface area (Å²) < 4.78 is 0. The quantitative estimate of drug-likeness (QED) is 0.673. The Bertz CT molecular complexity index is 259. The minimum atomic E-state index is -0.206. The summed E-state index contributed by atoms with van der Waals surface area (Å²) in [4.78, 5) is 10.4. The second-order valence-corrected chi connectivity index (χ2v) is 4.01. The van der Waals surface area contributed by atoms with Crippen molar-refractivity contribution in [1.29, 1.82) is 0 Å². The molecule has 1 rings (SSSR count). The van der Waals surface area contributed by atoms with E-state index in [0.717, 1.165) is 25.9 Å². The molecule has 1 aromatic rings. The average Bonchev–Trinajstić information content (AvgIpc) is 2.63. The van der Waals surface area contributed by atoms with Crippen LogP contribution in [0.4, 0.5) is 0 Å². The molecule has 78 valence electrons. The molecule has 4 heteroatoms. The van der Waals surface area contributed by atoms with E-state index in [4.69, 9.17) is 5.73 Å². The number of carbonyl (C=O) groups is 1. The molecule has 1 heterocycles. The molecule has 0 aliphatic rings. The zero-order valence-electron chi connectivity index (χ0n) is 8.16. The molecule has 3 nitrogen and oxygen atoms in total. The van der Waals surface area contributed by atoms with E-state index in [-0.39, 0.29) is 5.91 Å². The lowest BCUT2D eigenvalue weighted by Gasteiger charge is -2.01. The lowest BCUT2D eigenvalue weighted by atomic mass is 10.2. The highest BCUT2D eigenvalue weighted by atomic mass is 32.1. The minimum absolute atomic E-state index is 0.206. The van der Waals surface area contributed by atoms with E-state index in [1.54, 1.807) is 11.3 Å². The molecule has 0 aromatic carbocycles. The number of primary amides is 1. The predicted octanol–water partition coefficient (Wildman–Crippen LogP) is 1.49. The highest BCUT2D eigenvalue weighted by molar-refractivity contribution is 7.07. The molecule has 0 atom stereocenters. The number of unbranched alkanes of at least 4 members (excludes halogenated alkanes) is 1. The highest BCUT2D eigenvalue weighted by Gasteiger charge is 1.95. The van der Waals surface area contributed by atoms with Gasteiger partial charge < -0.3 is 11.1 Å². The Morgan fingerprint density at radius 2 is 2.36 bits per heavy atom. The van der Waals surface area contributed by atoms with Gasteiger partial charge in [0, 0.05) is 13.0 Å². The normalized spacial score (nSPS) is 10.3. The molecule has 0 aliphatic carbocycles. The third-order valence-corrected chi connectivity index (χ3v) is 2.67. The molecule has 0 bridgehead atoms. The molecule has 14 heavy (non-hydrogen) atoms. The molecular formula is C10H16N2OS. The van der Waals surface area contributed by atoms with Crippen molar-refractivity contribution in [2.45, 2.75) is 25.8 Å². The number of hydrogen-bond acceptors (Lipinski definition) is 3. The van der Waals surface area contributed by atoms with Gasteiger partial charge in [-0.3, -0.25) is 4.79 Å². The maximum absolute atomic E-state index is 10.4. The summed E-state index contributed by atoms with van der Waals surface area (Å²) in [6, 6.07) is 2.11. The number of amides is 1. The van der Waals surface area contributed by atoms with E-state index in [1.807, 2.05) is 0 Å². The van der Waals surface area contributed by atoms with Gasteiger partial charge >= 0.3 is 0 Å². The summed E-state index contributed by atoms with van der Waals surface area (Å²) in [5.74, 6) is -0.206. The standard InChI is InChI=1S/C10H16N2OS/c11-10(13)3-1-2-5-12-7-9-4-6-14-8-9/h4,6,8,12H,1-3,5,7H2,(H2,11,13). The van der Waals surface area contributed by atoms with Crippen LogP contribution >= 0.6 is 11.3 Å². The van der Waals surface area contributed by atoms with E-state index in [2.05, 4.69) is 22.1 Å². The number of nitrogens with one attached hydrogen (secondary N) is 1. The molecule has 0 aliphatic heterocycles. The van der Waals surface area contributed by atoms with Crippen molar-refractivity contribution in [1.82, 2.24) is 5.32 Å². The molecular weight excluding hydrogens is 196 g/mol. The van der Waals surface area contributed by atoms with Gasteiger partial charge in [-0.1, -0.05) is 0 Å². The number of nitrogens with two attached hydrogens (primary N) is 1. The molecule has 1 amide bonds. The van der Waals surface area contributed by atoms with Crippen LogP contribution in [0.1, 0.15) is 24.8 Å². The first kappa shape index (κ1) is 11.2. The fourth-order valence-electron chi connectivity index (χ4n) is 1.18. The first-order valence-electron chi connectivity index (χ1n) is 4.79. The van der Waals surface area contributed by atoms with Gasteiger partial charge in [-0.05, 0) is 41.8 Å². The topological polar surface area (TPSA) is 55.1 Å². The highest BCUT2D eigenvalue weighted by Crippen LogP contribution is 2.04. The SMILES string of the molecule is NC(=O)CCCCNCc1ccsc1. The monoisotopic (exact) mass is 212 g/mol. The Hall–Kier alpha value is -0.870. The Morgan fingerprint density at radius 1 is 1.50 bits per heavy atom. The van der Waals surface area contributed by atoms with E-state index < -0.39 is 0 Å². The van der Waals surface area contributed by atoms with Crippen LogP contribution in [-0.2, 0) is 11.3 Å². The summed E-state index contributed by atoms with van der Waals surface area (Å²) in [5.41, 5.74) is 6.35. The Balaban J connectivity index is 1.92. The predicted molar refractivity (Wildman–Crippen MR) is 59.1 cm³/mol. The summed E-state index contributed by atoms with van der Waals surface area (Å²) in [7, 11) is 0. The summed E-state index contributed by atoms with van der Waals surface area (Å²) in [6.07, 6.45) is 2.39. The summed E-state index contributed by atoms with van der Waals surface area (Å²) in [5, 5.41) is 7.52. The van der Waals surface area contributed by atoms with Gasteiger partial charge in [-0.2, -0.15) is 11.3 Å². The summed E-state index contributed by atoms with van der Waals surface area (Å²) in [6.45, 7) is 1.86. The fourth-order valence-corrected chi connectivity index (χ4v) is 1.84. The van der Waals surface area contributed by atoms with Crippen LogP contribution in [0.15, 0.2) is 16.8 Å². The van der Waals surface area contributed by atoms with Crippen LogP contribution in [-0.4, -0.2) is 12.5 Å². The van der Waals surface area contributed by atoms with Crippen LogP contribution in [0, 0.1) is 0 Å². The number of hydrogen-bond donors (Lipinski definition) is 2. The molecule has 0 fully saturated rings. The van der Waals surface area contributed by atoms with Crippen molar-refractivity contribution in [3.63, 3.8) is 0 Å². The smallest absolute Gasteiger partial charge is 0.217 e. The maximum atomic E-state index is 10.4. The zero-order chi connectivity index (χ0) is 10.2. The number of rotatable bonds is 7. The van der Waals surface area contributed by atoms with Crippen LogP contribution in [0.5, 0.6) is 0 Å². The van der Waals surface area contributed by atoms with Crippen LogP contribution in [0.25, 0.3) is 0 Å². The molecule has 1 aromatic heterocycles. The van der Waals surface area contributed by atoms with Gasteiger partial charge in [0.25, 0.3) is 0 Å². The van der Waals surface area contributed by atoms with Gasteiger partial charge in [0.1, 0.15) is 0 Å². The second-order valence-electron chi connectivity index (χ2n) is 3.23. The van der Waals surface area contributed by atoms with Gasteiger partial charge in [-0.25, -0.2) is 0 Å². The number of carbonyl (C=O) groups excluding carboxylic acids is 1. The first-order chi connectivity index (χ1) is 6.79. The van der Waals surface area contributed by atoms with Gasteiger partial charge in [0.2, 0.25) is 5.91 Å². The fraction of sp³-hybridized carbons (Fsp3) is 0.500. The molecule has 0 spiro atoms. The van der Waals surface area contributed by atoms with Gasteiger partial charge in [0.05, 0.1) is 0 Å². The van der Waals surface area contributed by atoms with Crippen molar-refractivity contribution in [2.24, 2.45) is 5.73 Å². The minimum Gasteiger partial charge on any atom is -0.370 e. The molecule has 0 saturated carbocycles. The van der Waals surface area contributed by atoms with Crippen LogP contribution < -0.4 is 11.1 Å². The lowest BCUT2D eigenvalue weighted by molar-refractivity contribution is -0.118. The molecule has 0 unspecified atom stereocenters. The van der Waals surface area contributed by atoms with E-state index in [1.165, 1.54) is 5.56 Å². The average molecular weight is 212 g/mol. The van der Waals surface area contributed by atoms with E-state index in [9.17, 15) is 4.79 Å². The largest absolute Gasteiger partial charge is 0.370 e. The summed E-state index contributed by atoms with van der Waals surface area (Å²) >= 11 is 1.71. The van der Waals surface area contributed by atoms with Crippen molar-refractivity contribution in [2.75, 3.05) is 6.54 Å². The first-order valence-corrected chi connectivity index (χ1v) is 5.73.